The standard InChI is InChI=1S/C12H9ClN2O2S/c1-16-11-4-8(5-14)2-3-10(11)17-7-9-6-15-12(13)18-9/h2-4,6H,7H2,1H3. The quantitative estimate of drug-likeness (QED) is 0.862. The number of hydrogen-bond donors (Lipinski definition) is 0. The molecular formula is C12H9ClN2O2S. The Bertz CT molecular complexity index is 592. The molecule has 0 aliphatic carbocycles. The van der Waals surface area contributed by atoms with Crippen LogP contribution in [0.3, 0.4) is 0 Å². The molecule has 0 fully saturated rings. The highest BCUT2D eigenvalue weighted by Gasteiger charge is 2.07. The van der Waals surface area contributed by atoms with Gasteiger partial charge >= 0.3 is 0 Å². The average molecular weight is 281 g/mol. The summed E-state index contributed by atoms with van der Waals surface area (Å²) in [5.41, 5.74) is 0.528. The minimum atomic E-state index is 0.368. The predicted molar refractivity (Wildman–Crippen MR) is 69.2 cm³/mol. The molecule has 92 valence electrons. The number of aromatic nitrogens is 1. The molecule has 0 aliphatic rings. The zero-order chi connectivity index (χ0) is 13.0. The van der Waals surface area contributed by atoms with E-state index in [1.165, 1.54) is 18.4 Å². The molecular weight excluding hydrogens is 272 g/mol. The van der Waals surface area contributed by atoms with E-state index < -0.39 is 0 Å². The van der Waals surface area contributed by atoms with E-state index in [0.29, 0.717) is 28.1 Å². The predicted octanol–water partition coefficient (Wildman–Crippen LogP) is 3.26. The van der Waals surface area contributed by atoms with Crippen LogP contribution in [0.2, 0.25) is 4.47 Å². The molecule has 0 saturated carbocycles. The van der Waals surface area contributed by atoms with Crippen LogP contribution in [0.15, 0.2) is 24.4 Å². The summed E-state index contributed by atoms with van der Waals surface area (Å²) in [6.07, 6.45) is 1.67. The van der Waals surface area contributed by atoms with Crippen molar-refractivity contribution >= 4 is 22.9 Å². The van der Waals surface area contributed by atoms with Crippen LogP contribution in [-0.2, 0) is 6.61 Å². The maximum atomic E-state index is 8.79. The lowest BCUT2D eigenvalue weighted by atomic mass is 10.2. The van der Waals surface area contributed by atoms with Gasteiger partial charge in [-0.15, -0.1) is 11.3 Å². The number of halogens is 1. The zero-order valence-electron chi connectivity index (χ0n) is 9.51. The van der Waals surface area contributed by atoms with Gasteiger partial charge < -0.3 is 9.47 Å². The number of benzene rings is 1. The van der Waals surface area contributed by atoms with Crippen molar-refractivity contribution in [3.8, 4) is 17.6 Å². The van der Waals surface area contributed by atoms with E-state index in [4.69, 9.17) is 26.3 Å². The first-order chi connectivity index (χ1) is 8.72. The Labute approximate surface area is 113 Å². The molecule has 18 heavy (non-hydrogen) atoms. The minimum absolute atomic E-state index is 0.368. The molecule has 4 nitrogen and oxygen atoms in total. The fourth-order valence-electron chi connectivity index (χ4n) is 1.36. The summed E-state index contributed by atoms with van der Waals surface area (Å²) in [5, 5.41) is 8.79. The third-order valence-corrected chi connectivity index (χ3v) is 3.28. The van der Waals surface area contributed by atoms with E-state index in [1.54, 1.807) is 24.4 Å². The summed E-state index contributed by atoms with van der Waals surface area (Å²) in [6, 6.07) is 7.07. The molecule has 6 heteroatoms. The number of nitrogens with zero attached hydrogens (tertiary/aromatic N) is 2. The lowest BCUT2D eigenvalue weighted by Gasteiger charge is -2.09. The number of nitriles is 1. The molecule has 0 aliphatic heterocycles. The van der Waals surface area contributed by atoms with Crippen LogP contribution in [0.5, 0.6) is 11.5 Å². The van der Waals surface area contributed by atoms with Crippen molar-refractivity contribution in [3.05, 3.63) is 39.3 Å². The largest absolute Gasteiger partial charge is 0.493 e. The second-order valence-corrected chi connectivity index (χ2v) is 5.04. The first kappa shape index (κ1) is 12.7. The third-order valence-electron chi connectivity index (χ3n) is 2.19. The number of methoxy groups -OCH3 is 1. The molecule has 0 amide bonds. The van der Waals surface area contributed by atoms with Gasteiger partial charge in [0.25, 0.3) is 0 Å². The average Bonchev–Trinajstić information content (AvgIpc) is 2.82. The van der Waals surface area contributed by atoms with Crippen molar-refractivity contribution < 1.29 is 9.47 Å². The molecule has 0 radical (unpaired) electrons. The second-order valence-electron chi connectivity index (χ2n) is 3.35. The summed E-state index contributed by atoms with van der Waals surface area (Å²) in [5.74, 6) is 1.12. The molecule has 2 rings (SSSR count). The highest BCUT2D eigenvalue weighted by atomic mass is 35.5. The maximum absolute atomic E-state index is 8.79. The van der Waals surface area contributed by atoms with Gasteiger partial charge in [0.15, 0.2) is 16.0 Å². The van der Waals surface area contributed by atoms with E-state index in [2.05, 4.69) is 4.98 Å². The Morgan fingerprint density at radius 2 is 2.28 bits per heavy atom. The lowest BCUT2D eigenvalue weighted by molar-refractivity contribution is 0.287. The summed E-state index contributed by atoms with van der Waals surface area (Å²) in [6.45, 7) is 0.368. The van der Waals surface area contributed by atoms with Gasteiger partial charge in [-0.05, 0) is 12.1 Å². The van der Waals surface area contributed by atoms with E-state index in [9.17, 15) is 0 Å². The van der Waals surface area contributed by atoms with E-state index in [-0.39, 0.29) is 0 Å². The van der Waals surface area contributed by atoms with Crippen LogP contribution in [0, 0.1) is 11.3 Å². The Morgan fingerprint density at radius 1 is 1.44 bits per heavy atom. The number of thiazole rings is 1. The van der Waals surface area contributed by atoms with Crippen molar-refractivity contribution in [1.29, 1.82) is 5.26 Å². The number of rotatable bonds is 4. The second kappa shape index (κ2) is 5.71. The Balaban J connectivity index is 2.12. The van der Waals surface area contributed by atoms with Gasteiger partial charge in [-0.1, -0.05) is 11.6 Å². The van der Waals surface area contributed by atoms with Crippen molar-refractivity contribution in [2.75, 3.05) is 7.11 Å². The van der Waals surface area contributed by atoms with Gasteiger partial charge in [0.1, 0.15) is 6.61 Å². The third kappa shape index (κ3) is 2.92. The van der Waals surface area contributed by atoms with Crippen LogP contribution < -0.4 is 9.47 Å². The van der Waals surface area contributed by atoms with Crippen LogP contribution in [0.25, 0.3) is 0 Å². The molecule has 1 aromatic heterocycles. The Kier molecular flexibility index (Phi) is 4.03. The van der Waals surface area contributed by atoms with Crippen LogP contribution >= 0.6 is 22.9 Å². The van der Waals surface area contributed by atoms with Gasteiger partial charge in [-0.2, -0.15) is 5.26 Å². The lowest BCUT2D eigenvalue weighted by Crippen LogP contribution is -1.96. The van der Waals surface area contributed by atoms with E-state index in [1.807, 2.05) is 6.07 Å². The molecule has 0 N–H and O–H groups in total. The summed E-state index contributed by atoms with van der Waals surface area (Å²) in [7, 11) is 1.53. The molecule has 0 spiro atoms. The number of ether oxygens (including phenoxy) is 2. The van der Waals surface area contributed by atoms with Gasteiger partial charge in [0.05, 0.1) is 23.6 Å². The highest BCUT2D eigenvalue weighted by molar-refractivity contribution is 7.15. The van der Waals surface area contributed by atoms with Crippen molar-refractivity contribution in [2.24, 2.45) is 0 Å². The van der Waals surface area contributed by atoms with E-state index >= 15 is 0 Å². The van der Waals surface area contributed by atoms with Crippen molar-refractivity contribution in [3.63, 3.8) is 0 Å². The van der Waals surface area contributed by atoms with Crippen LogP contribution in [0.4, 0.5) is 0 Å². The minimum Gasteiger partial charge on any atom is -0.493 e. The van der Waals surface area contributed by atoms with Gasteiger partial charge in [-0.3, -0.25) is 0 Å². The molecule has 0 saturated heterocycles. The molecule has 2 aromatic rings. The Morgan fingerprint density at radius 3 is 2.89 bits per heavy atom. The molecule has 0 unspecified atom stereocenters. The first-order valence-electron chi connectivity index (χ1n) is 5.04. The number of hydrogen-bond acceptors (Lipinski definition) is 5. The topological polar surface area (TPSA) is 55.1 Å². The first-order valence-corrected chi connectivity index (χ1v) is 6.23. The highest BCUT2D eigenvalue weighted by Crippen LogP contribution is 2.29. The maximum Gasteiger partial charge on any atom is 0.183 e. The summed E-state index contributed by atoms with van der Waals surface area (Å²) in [4.78, 5) is 4.85. The van der Waals surface area contributed by atoms with Gasteiger partial charge in [0, 0.05) is 12.3 Å². The van der Waals surface area contributed by atoms with E-state index in [0.717, 1.165) is 4.88 Å². The summed E-state index contributed by atoms with van der Waals surface area (Å²) >= 11 is 7.10. The van der Waals surface area contributed by atoms with Gasteiger partial charge in [-0.25, -0.2) is 4.98 Å². The van der Waals surface area contributed by atoms with Crippen LogP contribution in [-0.4, -0.2) is 12.1 Å². The van der Waals surface area contributed by atoms with Gasteiger partial charge in [0.2, 0.25) is 0 Å². The normalized spacial score (nSPS) is 9.83. The zero-order valence-corrected chi connectivity index (χ0v) is 11.1. The smallest absolute Gasteiger partial charge is 0.183 e. The molecule has 1 heterocycles. The molecule has 0 atom stereocenters. The van der Waals surface area contributed by atoms with Crippen LogP contribution in [0.1, 0.15) is 10.4 Å². The summed E-state index contributed by atoms with van der Waals surface area (Å²) < 4.78 is 11.3. The SMILES string of the molecule is COc1cc(C#N)ccc1OCc1cnc(Cl)s1. The fraction of sp³-hybridized carbons (Fsp3) is 0.167. The van der Waals surface area contributed by atoms with Crippen molar-refractivity contribution in [2.45, 2.75) is 6.61 Å². The van der Waals surface area contributed by atoms with Crippen molar-refractivity contribution in [1.82, 2.24) is 4.98 Å². The molecule has 1 aromatic carbocycles. The fourth-order valence-corrected chi connectivity index (χ4v) is 2.25. The monoisotopic (exact) mass is 280 g/mol. The Hall–Kier alpha value is -1.77. The molecule has 0 bridgehead atoms.